The third kappa shape index (κ3) is 5.03. The topological polar surface area (TPSA) is 106 Å². The van der Waals surface area contributed by atoms with Gasteiger partial charge in [0.15, 0.2) is 0 Å². The number of para-hydroxylation sites is 2. The number of carbonyl (C=O) groups is 1. The Morgan fingerprint density at radius 2 is 1.92 bits per heavy atom. The van der Waals surface area contributed by atoms with Crippen molar-refractivity contribution in [3.8, 4) is 23.4 Å². The maximum absolute atomic E-state index is 13.4. The van der Waals surface area contributed by atoms with Crippen LogP contribution in [0.1, 0.15) is 11.1 Å². The Morgan fingerprint density at radius 1 is 1.14 bits per heavy atom. The van der Waals surface area contributed by atoms with Gasteiger partial charge in [0.2, 0.25) is 5.88 Å². The van der Waals surface area contributed by atoms with Gasteiger partial charge in [0.1, 0.15) is 34.4 Å². The summed E-state index contributed by atoms with van der Waals surface area (Å²) in [5.41, 5.74) is 0.416. The van der Waals surface area contributed by atoms with Crippen LogP contribution in [0.4, 0.5) is 5.69 Å². The van der Waals surface area contributed by atoms with Gasteiger partial charge in [0.05, 0.1) is 17.8 Å². The van der Waals surface area contributed by atoms with E-state index in [2.05, 4.69) is 10.3 Å². The van der Waals surface area contributed by atoms with Gasteiger partial charge in [0, 0.05) is 11.2 Å². The van der Waals surface area contributed by atoms with E-state index in [1.165, 1.54) is 29.8 Å². The van der Waals surface area contributed by atoms with Gasteiger partial charge in [-0.2, -0.15) is 10.2 Å². The van der Waals surface area contributed by atoms with Gasteiger partial charge < -0.3 is 14.8 Å². The number of benzene rings is 2. The summed E-state index contributed by atoms with van der Waals surface area (Å²) in [5, 5.41) is 13.0. The fourth-order valence-corrected chi connectivity index (χ4v) is 3.83. The number of ether oxygens (including phenoxy) is 2. The Morgan fingerprint density at radius 3 is 2.64 bits per heavy atom. The van der Waals surface area contributed by atoms with Gasteiger partial charge >= 0.3 is 0 Å². The number of nitrogens with one attached hydrogen (secondary N) is 1. The molecule has 0 bridgehead atoms. The summed E-state index contributed by atoms with van der Waals surface area (Å²) < 4.78 is 12.4. The number of hydrogen-bond acceptors (Lipinski definition) is 6. The highest BCUT2D eigenvalue weighted by Crippen LogP contribution is 2.32. The van der Waals surface area contributed by atoms with Gasteiger partial charge in [-0.1, -0.05) is 41.4 Å². The van der Waals surface area contributed by atoms with E-state index in [-0.39, 0.29) is 27.8 Å². The summed E-state index contributed by atoms with van der Waals surface area (Å²) in [4.78, 5) is 30.9. The molecule has 0 aliphatic rings. The first-order valence-corrected chi connectivity index (χ1v) is 11.3. The van der Waals surface area contributed by atoms with Crippen molar-refractivity contribution in [2.75, 3.05) is 12.4 Å². The largest absolute Gasteiger partial charge is 0.495 e. The zero-order valence-corrected chi connectivity index (χ0v) is 20.6. The normalized spacial score (nSPS) is 11.1. The van der Waals surface area contributed by atoms with E-state index in [9.17, 15) is 14.9 Å². The smallest absolute Gasteiger partial charge is 0.269 e. The molecule has 0 atom stereocenters. The minimum atomic E-state index is -0.744. The maximum atomic E-state index is 13.4. The maximum Gasteiger partial charge on any atom is 0.269 e. The average molecular weight is 521 g/mol. The highest BCUT2D eigenvalue weighted by atomic mass is 35.5. The number of aromatic nitrogens is 2. The number of hydrogen-bond donors (Lipinski definition) is 1. The monoisotopic (exact) mass is 520 g/mol. The van der Waals surface area contributed by atoms with Crippen LogP contribution in [0.15, 0.2) is 71.2 Å². The van der Waals surface area contributed by atoms with Gasteiger partial charge in [-0.15, -0.1) is 0 Å². The highest BCUT2D eigenvalue weighted by Gasteiger charge is 2.19. The van der Waals surface area contributed by atoms with E-state index in [0.29, 0.717) is 27.7 Å². The van der Waals surface area contributed by atoms with E-state index in [4.69, 9.17) is 32.7 Å². The molecule has 8 nitrogen and oxygen atoms in total. The molecule has 0 saturated carbocycles. The van der Waals surface area contributed by atoms with Crippen molar-refractivity contribution in [2.24, 2.45) is 0 Å². The zero-order valence-electron chi connectivity index (χ0n) is 19.1. The first-order valence-electron chi connectivity index (χ1n) is 10.5. The van der Waals surface area contributed by atoms with Crippen molar-refractivity contribution in [2.45, 2.75) is 6.92 Å². The van der Waals surface area contributed by atoms with Crippen molar-refractivity contribution in [1.82, 2.24) is 9.38 Å². The van der Waals surface area contributed by atoms with Crippen LogP contribution in [0, 0.1) is 18.3 Å². The van der Waals surface area contributed by atoms with Crippen LogP contribution in [0.3, 0.4) is 0 Å². The summed E-state index contributed by atoms with van der Waals surface area (Å²) in [6, 6.07) is 16.6. The fourth-order valence-electron chi connectivity index (χ4n) is 3.39. The molecule has 0 aliphatic carbocycles. The number of nitrogens with zero attached hydrogens (tertiary/aromatic N) is 3. The molecule has 1 N–H and O–H groups in total. The lowest BCUT2D eigenvalue weighted by Gasteiger charge is -2.13. The molecule has 2 heterocycles. The molecular weight excluding hydrogens is 503 g/mol. The standard InChI is InChI=1S/C26H18Cl2N4O4/c1-15-6-5-11-32-23(15)31-25(36-21-10-9-17(27)13-19(21)28)18(26(32)34)12-16(14-29)24(33)30-20-7-3-4-8-22(20)35-2/h3-13H,1-2H3,(H,30,33)/b16-12-. The summed E-state index contributed by atoms with van der Waals surface area (Å²) in [6.45, 7) is 1.79. The molecule has 0 saturated heterocycles. The summed E-state index contributed by atoms with van der Waals surface area (Å²) >= 11 is 12.2. The highest BCUT2D eigenvalue weighted by molar-refractivity contribution is 6.35. The lowest BCUT2D eigenvalue weighted by atomic mass is 10.1. The number of aryl methyl sites for hydroxylation is 1. The predicted molar refractivity (Wildman–Crippen MR) is 138 cm³/mol. The van der Waals surface area contributed by atoms with Crippen LogP contribution >= 0.6 is 23.2 Å². The van der Waals surface area contributed by atoms with E-state index < -0.39 is 11.5 Å². The number of amides is 1. The number of anilines is 1. The number of pyridine rings is 1. The lowest BCUT2D eigenvalue weighted by Crippen LogP contribution is -2.21. The summed E-state index contributed by atoms with van der Waals surface area (Å²) in [5.74, 6) is -0.271. The van der Waals surface area contributed by atoms with Gasteiger partial charge in [-0.05, 0) is 55.0 Å². The molecule has 4 aromatic rings. The minimum Gasteiger partial charge on any atom is -0.495 e. The number of carbonyl (C=O) groups excluding carboxylic acids is 1. The molecule has 180 valence electrons. The Labute approximate surface area is 215 Å². The Kier molecular flexibility index (Phi) is 7.25. The molecule has 2 aromatic carbocycles. The van der Waals surface area contributed by atoms with E-state index >= 15 is 0 Å². The minimum absolute atomic E-state index is 0.115. The number of rotatable bonds is 6. The molecular formula is C26H18Cl2N4O4. The van der Waals surface area contributed by atoms with Gasteiger partial charge in [-0.3, -0.25) is 14.0 Å². The van der Waals surface area contributed by atoms with Crippen molar-refractivity contribution < 1.29 is 14.3 Å². The van der Waals surface area contributed by atoms with Crippen molar-refractivity contribution in [3.63, 3.8) is 0 Å². The molecule has 0 radical (unpaired) electrons. The van der Waals surface area contributed by atoms with Crippen LogP contribution in [0.25, 0.3) is 11.7 Å². The number of fused-ring (bicyclic) bond motifs is 1. The Balaban J connectivity index is 1.85. The van der Waals surface area contributed by atoms with Crippen LogP contribution in [0.2, 0.25) is 10.0 Å². The second kappa shape index (κ2) is 10.5. The first kappa shape index (κ1) is 24.8. The van der Waals surface area contributed by atoms with Crippen molar-refractivity contribution in [1.29, 1.82) is 5.26 Å². The SMILES string of the molecule is COc1ccccc1NC(=O)/C(C#N)=C\c1c(Oc2ccc(Cl)cc2Cl)nc2c(C)cccn2c1=O. The quantitative estimate of drug-likeness (QED) is 0.260. The molecule has 2 aromatic heterocycles. The van der Waals surface area contributed by atoms with Gasteiger partial charge in [0.25, 0.3) is 11.5 Å². The second-order valence-corrected chi connectivity index (χ2v) is 8.37. The van der Waals surface area contributed by atoms with Crippen LogP contribution in [-0.2, 0) is 4.79 Å². The third-order valence-electron chi connectivity index (χ3n) is 5.16. The van der Waals surface area contributed by atoms with E-state index in [1.807, 2.05) is 6.07 Å². The van der Waals surface area contributed by atoms with Crippen LogP contribution in [-0.4, -0.2) is 22.4 Å². The second-order valence-electron chi connectivity index (χ2n) is 7.52. The molecule has 0 fully saturated rings. The number of nitriles is 1. The fraction of sp³-hybridized carbons (Fsp3) is 0.0769. The number of methoxy groups -OCH3 is 1. The molecule has 4 rings (SSSR count). The lowest BCUT2D eigenvalue weighted by molar-refractivity contribution is -0.112. The van der Waals surface area contributed by atoms with Gasteiger partial charge in [-0.25, -0.2) is 0 Å². The predicted octanol–water partition coefficient (Wildman–Crippen LogP) is 5.66. The average Bonchev–Trinajstić information content (AvgIpc) is 2.86. The van der Waals surface area contributed by atoms with Crippen molar-refractivity contribution in [3.05, 3.63) is 97.9 Å². The molecule has 1 amide bonds. The van der Waals surface area contributed by atoms with E-state index in [0.717, 1.165) is 6.08 Å². The summed E-state index contributed by atoms with van der Waals surface area (Å²) in [6.07, 6.45) is 2.67. The molecule has 36 heavy (non-hydrogen) atoms. The van der Waals surface area contributed by atoms with E-state index in [1.54, 1.807) is 49.4 Å². The molecule has 0 unspecified atom stereocenters. The Bertz CT molecular complexity index is 1620. The number of halogens is 2. The molecule has 0 spiro atoms. The third-order valence-corrected chi connectivity index (χ3v) is 5.69. The van der Waals surface area contributed by atoms with Crippen LogP contribution < -0.4 is 20.3 Å². The Hall–Kier alpha value is -4.32. The van der Waals surface area contributed by atoms with Crippen LogP contribution in [0.5, 0.6) is 17.4 Å². The zero-order chi connectivity index (χ0) is 25.8. The summed E-state index contributed by atoms with van der Waals surface area (Å²) in [7, 11) is 1.46. The molecule has 0 aliphatic heterocycles. The first-order chi connectivity index (χ1) is 17.3. The van der Waals surface area contributed by atoms with Crippen molar-refractivity contribution >= 4 is 46.5 Å². The molecule has 10 heteroatoms.